The zero-order valence-electron chi connectivity index (χ0n) is 10.9. The summed E-state index contributed by atoms with van der Waals surface area (Å²) in [6, 6.07) is 10.7. The van der Waals surface area contributed by atoms with Crippen molar-refractivity contribution < 1.29 is 4.39 Å². The number of thiophene rings is 1. The Balaban J connectivity index is 2.23. The highest BCUT2D eigenvalue weighted by atomic mass is 32.1. The molecule has 0 amide bonds. The molecule has 1 aromatic carbocycles. The Kier molecular flexibility index (Phi) is 4.18. The topological polar surface area (TPSA) is 35.8 Å². The van der Waals surface area contributed by atoms with Crippen molar-refractivity contribution in [1.82, 2.24) is 0 Å². The monoisotopic (exact) mass is 274 g/mol. The zero-order valence-corrected chi connectivity index (χ0v) is 11.7. The number of hydrogen-bond acceptors (Lipinski definition) is 3. The molecule has 2 aromatic rings. The number of anilines is 1. The predicted octanol–water partition coefficient (Wildman–Crippen LogP) is 4.57. The molecule has 98 valence electrons. The summed E-state index contributed by atoms with van der Waals surface area (Å²) >= 11 is 1.68. The molecule has 0 aliphatic heterocycles. The van der Waals surface area contributed by atoms with Crippen molar-refractivity contribution in [3.05, 3.63) is 52.0 Å². The third-order valence-electron chi connectivity index (χ3n) is 2.93. The first-order valence-corrected chi connectivity index (χ1v) is 6.99. The molecule has 0 radical (unpaired) electrons. The SMILES string of the molecule is CC(C)C(Nc1ccc(C#N)c(F)c1)c1cccs1. The van der Waals surface area contributed by atoms with Gasteiger partial charge in [-0.15, -0.1) is 11.3 Å². The zero-order chi connectivity index (χ0) is 13.8. The van der Waals surface area contributed by atoms with Crippen LogP contribution in [0.15, 0.2) is 35.7 Å². The average molecular weight is 274 g/mol. The number of nitrogens with one attached hydrogen (secondary N) is 1. The third kappa shape index (κ3) is 3.12. The summed E-state index contributed by atoms with van der Waals surface area (Å²) in [7, 11) is 0. The Morgan fingerprint density at radius 2 is 2.11 bits per heavy atom. The minimum absolute atomic E-state index is 0.0720. The second kappa shape index (κ2) is 5.85. The summed E-state index contributed by atoms with van der Waals surface area (Å²) in [6.45, 7) is 4.24. The maximum absolute atomic E-state index is 13.6. The molecule has 0 bridgehead atoms. The van der Waals surface area contributed by atoms with E-state index in [1.807, 2.05) is 17.5 Å². The summed E-state index contributed by atoms with van der Waals surface area (Å²) in [6.07, 6.45) is 0. The van der Waals surface area contributed by atoms with Crippen molar-refractivity contribution in [2.24, 2.45) is 5.92 Å². The Bertz CT molecular complexity index is 585. The largest absolute Gasteiger partial charge is 0.377 e. The molecule has 0 aliphatic rings. The van der Waals surface area contributed by atoms with Crippen LogP contribution in [0.2, 0.25) is 0 Å². The first kappa shape index (κ1) is 13.6. The average Bonchev–Trinajstić information content (AvgIpc) is 2.89. The van der Waals surface area contributed by atoms with Gasteiger partial charge >= 0.3 is 0 Å². The van der Waals surface area contributed by atoms with Crippen LogP contribution in [0, 0.1) is 23.1 Å². The highest BCUT2D eigenvalue weighted by Gasteiger charge is 2.17. The maximum Gasteiger partial charge on any atom is 0.143 e. The van der Waals surface area contributed by atoms with Gasteiger partial charge in [0.15, 0.2) is 0 Å². The van der Waals surface area contributed by atoms with E-state index in [-0.39, 0.29) is 11.6 Å². The van der Waals surface area contributed by atoms with Crippen LogP contribution in [0.3, 0.4) is 0 Å². The number of benzene rings is 1. The molecule has 2 nitrogen and oxygen atoms in total. The second-order valence-electron chi connectivity index (χ2n) is 4.69. The van der Waals surface area contributed by atoms with Crippen LogP contribution in [-0.2, 0) is 0 Å². The van der Waals surface area contributed by atoms with Crippen molar-refractivity contribution in [3.8, 4) is 6.07 Å². The van der Waals surface area contributed by atoms with Crippen molar-refractivity contribution >= 4 is 17.0 Å². The maximum atomic E-state index is 13.6. The van der Waals surface area contributed by atoms with Crippen molar-refractivity contribution in [3.63, 3.8) is 0 Å². The van der Waals surface area contributed by atoms with Gasteiger partial charge in [0.05, 0.1) is 11.6 Å². The number of nitrogens with zero attached hydrogens (tertiary/aromatic N) is 1. The van der Waals surface area contributed by atoms with Crippen LogP contribution < -0.4 is 5.32 Å². The standard InChI is InChI=1S/C15H15FN2S/c1-10(2)15(14-4-3-7-19-14)18-12-6-5-11(9-17)13(16)8-12/h3-8,10,15,18H,1-2H3. The van der Waals surface area contributed by atoms with Crippen LogP contribution in [0.25, 0.3) is 0 Å². The van der Waals surface area contributed by atoms with E-state index in [1.54, 1.807) is 17.4 Å². The number of hydrogen-bond donors (Lipinski definition) is 1. The van der Waals surface area contributed by atoms with Gasteiger partial charge in [-0.05, 0) is 35.6 Å². The van der Waals surface area contributed by atoms with Crippen LogP contribution in [0.1, 0.15) is 30.3 Å². The van der Waals surface area contributed by atoms with E-state index in [1.165, 1.54) is 17.0 Å². The summed E-state index contributed by atoms with van der Waals surface area (Å²) in [5.74, 6) is -0.0986. The summed E-state index contributed by atoms with van der Waals surface area (Å²) in [4.78, 5) is 1.22. The lowest BCUT2D eigenvalue weighted by atomic mass is 10.0. The van der Waals surface area contributed by atoms with Gasteiger partial charge in [0, 0.05) is 10.6 Å². The molecule has 1 atom stereocenters. The van der Waals surface area contributed by atoms with E-state index < -0.39 is 5.82 Å². The van der Waals surface area contributed by atoms with Gasteiger partial charge in [0.25, 0.3) is 0 Å². The lowest BCUT2D eigenvalue weighted by Crippen LogP contribution is -2.15. The van der Waals surface area contributed by atoms with Crippen molar-refractivity contribution in [2.45, 2.75) is 19.9 Å². The van der Waals surface area contributed by atoms with Crippen LogP contribution in [-0.4, -0.2) is 0 Å². The van der Waals surface area contributed by atoms with Crippen molar-refractivity contribution in [2.75, 3.05) is 5.32 Å². The van der Waals surface area contributed by atoms with E-state index in [0.29, 0.717) is 11.6 Å². The molecule has 1 unspecified atom stereocenters. The summed E-state index contributed by atoms with van der Waals surface area (Å²) in [5, 5.41) is 14.1. The quantitative estimate of drug-likeness (QED) is 0.886. The third-order valence-corrected chi connectivity index (χ3v) is 3.88. The molecular formula is C15H15FN2S. The number of rotatable bonds is 4. The molecule has 0 spiro atoms. The van der Waals surface area contributed by atoms with Gasteiger partial charge < -0.3 is 5.32 Å². The van der Waals surface area contributed by atoms with Gasteiger partial charge in [-0.1, -0.05) is 19.9 Å². The highest BCUT2D eigenvalue weighted by molar-refractivity contribution is 7.10. The lowest BCUT2D eigenvalue weighted by Gasteiger charge is -2.22. The Morgan fingerprint density at radius 3 is 2.63 bits per heavy atom. The Morgan fingerprint density at radius 1 is 1.32 bits per heavy atom. The van der Waals surface area contributed by atoms with Crippen LogP contribution in [0.5, 0.6) is 0 Å². The van der Waals surface area contributed by atoms with Crippen LogP contribution in [0.4, 0.5) is 10.1 Å². The van der Waals surface area contributed by atoms with Gasteiger partial charge in [-0.3, -0.25) is 0 Å². The second-order valence-corrected chi connectivity index (χ2v) is 5.67. The molecule has 0 aliphatic carbocycles. The molecule has 19 heavy (non-hydrogen) atoms. The van der Waals surface area contributed by atoms with E-state index in [0.717, 1.165) is 0 Å². The van der Waals surface area contributed by atoms with E-state index in [2.05, 4.69) is 25.2 Å². The molecule has 1 N–H and O–H groups in total. The minimum Gasteiger partial charge on any atom is -0.377 e. The minimum atomic E-state index is -0.485. The van der Waals surface area contributed by atoms with Crippen LogP contribution >= 0.6 is 11.3 Å². The molecule has 0 fully saturated rings. The molecular weight excluding hydrogens is 259 g/mol. The Hall–Kier alpha value is -1.86. The predicted molar refractivity (Wildman–Crippen MR) is 76.6 cm³/mol. The summed E-state index contributed by atoms with van der Waals surface area (Å²) < 4.78 is 13.6. The molecule has 4 heteroatoms. The molecule has 0 saturated carbocycles. The fourth-order valence-corrected chi connectivity index (χ4v) is 2.86. The summed E-state index contributed by atoms with van der Waals surface area (Å²) in [5.41, 5.74) is 0.770. The van der Waals surface area contributed by atoms with Gasteiger partial charge in [0.2, 0.25) is 0 Å². The normalized spacial score (nSPS) is 12.2. The van der Waals surface area contributed by atoms with E-state index >= 15 is 0 Å². The van der Waals surface area contributed by atoms with E-state index in [9.17, 15) is 4.39 Å². The highest BCUT2D eigenvalue weighted by Crippen LogP contribution is 2.30. The molecule has 2 rings (SSSR count). The number of nitriles is 1. The number of halogens is 1. The lowest BCUT2D eigenvalue weighted by molar-refractivity contribution is 0.552. The van der Waals surface area contributed by atoms with Gasteiger partial charge in [0.1, 0.15) is 11.9 Å². The first-order valence-electron chi connectivity index (χ1n) is 6.11. The molecule has 1 heterocycles. The van der Waals surface area contributed by atoms with E-state index in [4.69, 9.17) is 5.26 Å². The first-order chi connectivity index (χ1) is 9.11. The molecule has 1 aromatic heterocycles. The van der Waals surface area contributed by atoms with Gasteiger partial charge in [-0.25, -0.2) is 4.39 Å². The smallest absolute Gasteiger partial charge is 0.143 e. The fourth-order valence-electron chi connectivity index (χ4n) is 1.91. The Labute approximate surface area is 116 Å². The van der Waals surface area contributed by atoms with Gasteiger partial charge in [-0.2, -0.15) is 5.26 Å². The molecule has 0 saturated heterocycles. The van der Waals surface area contributed by atoms with Crippen molar-refractivity contribution in [1.29, 1.82) is 5.26 Å². The fraction of sp³-hybridized carbons (Fsp3) is 0.267.